The van der Waals surface area contributed by atoms with E-state index in [9.17, 15) is 5.11 Å². The molecule has 2 heterocycles. The summed E-state index contributed by atoms with van der Waals surface area (Å²) >= 11 is 0. The molecule has 18 heavy (non-hydrogen) atoms. The van der Waals surface area contributed by atoms with Crippen molar-refractivity contribution < 1.29 is 5.11 Å². The molecule has 2 aromatic heterocycles. The van der Waals surface area contributed by atoms with E-state index in [4.69, 9.17) is 5.73 Å². The fraction of sp³-hybridized carbons (Fsp3) is 0.545. The fourth-order valence-corrected chi connectivity index (χ4v) is 2.69. The van der Waals surface area contributed by atoms with E-state index in [2.05, 4.69) is 20.3 Å². The molecule has 0 aromatic carbocycles. The highest BCUT2D eigenvalue weighted by atomic mass is 16.3. The average Bonchev–Trinajstić information content (AvgIpc) is 2.93. The third-order valence-electron chi connectivity index (χ3n) is 3.70. The lowest BCUT2D eigenvalue weighted by Gasteiger charge is -2.20. The van der Waals surface area contributed by atoms with E-state index in [1.54, 1.807) is 6.33 Å². The number of nitrogen functional groups attached to an aromatic ring is 1. The van der Waals surface area contributed by atoms with Gasteiger partial charge < -0.3 is 20.7 Å². The standard InChI is InChI=1S/C11H16N6O/c1-13-6-2-3-7(9(6)18)17-5-16-8-10(12)14-4-15-11(8)17/h4-7,9,13,18H,2-3H2,1H3,(H2,12,14,15)/t6-,7-,9-/m0/s1. The maximum absolute atomic E-state index is 10.3. The maximum atomic E-state index is 10.3. The van der Waals surface area contributed by atoms with Gasteiger partial charge >= 0.3 is 0 Å². The highest BCUT2D eigenvalue weighted by Crippen LogP contribution is 2.32. The van der Waals surface area contributed by atoms with Crippen LogP contribution < -0.4 is 11.1 Å². The Morgan fingerprint density at radius 1 is 1.39 bits per heavy atom. The lowest BCUT2D eigenvalue weighted by Crippen LogP contribution is -2.36. The van der Waals surface area contributed by atoms with Crippen molar-refractivity contribution in [2.75, 3.05) is 12.8 Å². The monoisotopic (exact) mass is 248 g/mol. The molecule has 1 saturated carbocycles. The van der Waals surface area contributed by atoms with Gasteiger partial charge in [0.1, 0.15) is 11.8 Å². The number of nitrogens with zero attached hydrogens (tertiary/aromatic N) is 4. The highest BCUT2D eigenvalue weighted by Gasteiger charge is 2.35. The summed E-state index contributed by atoms with van der Waals surface area (Å²) in [6.45, 7) is 0. The van der Waals surface area contributed by atoms with E-state index >= 15 is 0 Å². The second kappa shape index (κ2) is 4.18. The molecule has 7 heteroatoms. The van der Waals surface area contributed by atoms with Crippen LogP contribution in [0.5, 0.6) is 0 Å². The number of hydrogen-bond donors (Lipinski definition) is 3. The van der Waals surface area contributed by atoms with Crippen LogP contribution in [0.3, 0.4) is 0 Å². The number of fused-ring (bicyclic) bond motifs is 1. The Morgan fingerprint density at radius 2 is 2.22 bits per heavy atom. The zero-order valence-corrected chi connectivity index (χ0v) is 10.1. The highest BCUT2D eigenvalue weighted by molar-refractivity contribution is 5.81. The lowest BCUT2D eigenvalue weighted by atomic mass is 10.2. The van der Waals surface area contributed by atoms with Crippen LogP contribution in [0.25, 0.3) is 11.2 Å². The third-order valence-corrected chi connectivity index (χ3v) is 3.70. The molecule has 0 bridgehead atoms. The zero-order valence-electron chi connectivity index (χ0n) is 10.1. The number of aromatic nitrogens is 4. The minimum Gasteiger partial charge on any atom is -0.389 e. The van der Waals surface area contributed by atoms with Crippen molar-refractivity contribution in [3.05, 3.63) is 12.7 Å². The van der Waals surface area contributed by atoms with Crippen molar-refractivity contribution in [1.29, 1.82) is 0 Å². The van der Waals surface area contributed by atoms with Gasteiger partial charge in [0.05, 0.1) is 18.5 Å². The van der Waals surface area contributed by atoms with Crippen LogP contribution in [0.4, 0.5) is 5.82 Å². The second-order valence-electron chi connectivity index (χ2n) is 4.61. The molecule has 7 nitrogen and oxygen atoms in total. The van der Waals surface area contributed by atoms with Crippen LogP contribution in [-0.2, 0) is 0 Å². The molecule has 0 amide bonds. The molecule has 0 unspecified atom stereocenters. The van der Waals surface area contributed by atoms with Gasteiger partial charge in [0.15, 0.2) is 11.5 Å². The van der Waals surface area contributed by atoms with E-state index in [1.165, 1.54) is 6.33 Å². The number of nitrogens with two attached hydrogens (primary N) is 1. The van der Waals surface area contributed by atoms with Crippen molar-refractivity contribution >= 4 is 17.0 Å². The second-order valence-corrected chi connectivity index (χ2v) is 4.61. The number of imidazole rings is 1. The van der Waals surface area contributed by atoms with Crippen molar-refractivity contribution in [2.45, 2.75) is 31.0 Å². The first-order valence-electron chi connectivity index (χ1n) is 6.00. The summed E-state index contributed by atoms with van der Waals surface area (Å²) in [5.74, 6) is 0.372. The maximum Gasteiger partial charge on any atom is 0.165 e. The molecule has 1 aliphatic rings. The van der Waals surface area contributed by atoms with Gasteiger partial charge in [-0.1, -0.05) is 0 Å². The van der Waals surface area contributed by atoms with E-state index in [0.717, 1.165) is 12.8 Å². The predicted octanol–water partition coefficient (Wildman–Crippen LogP) is -0.308. The topological polar surface area (TPSA) is 102 Å². The number of rotatable bonds is 2. The Kier molecular flexibility index (Phi) is 2.64. The van der Waals surface area contributed by atoms with Crippen LogP contribution in [0.1, 0.15) is 18.9 Å². The summed E-state index contributed by atoms with van der Waals surface area (Å²) in [4.78, 5) is 12.4. The Morgan fingerprint density at radius 3 is 2.94 bits per heavy atom. The lowest BCUT2D eigenvalue weighted by molar-refractivity contribution is 0.114. The summed E-state index contributed by atoms with van der Waals surface area (Å²) < 4.78 is 1.90. The van der Waals surface area contributed by atoms with Gasteiger partial charge in [-0.05, 0) is 19.9 Å². The molecule has 3 atom stereocenters. The average molecular weight is 248 g/mol. The SMILES string of the molecule is CN[C@H]1CC[C@H](n2cnc3c(N)ncnc32)[C@H]1O. The van der Waals surface area contributed by atoms with Crippen LogP contribution in [0, 0.1) is 0 Å². The number of hydrogen-bond acceptors (Lipinski definition) is 6. The molecule has 96 valence electrons. The molecule has 1 fully saturated rings. The van der Waals surface area contributed by atoms with Gasteiger partial charge in [-0.25, -0.2) is 15.0 Å². The van der Waals surface area contributed by atoms with Crippen LogP contribution >= 0.6 is 0 Å². The summed E-state index contributed by atoms with van der Waals surface area (Å²) in [6, 6.07) is 0.105. The van der Waals surface area contributed by atoms with Crippen LogP contribution in [0.2, 0.25) is 0 Å². The molecule has 2 aromatic rings. The summed E-state index contributed by atoms with van der Waals surface area (Å²) in [7, 11) is 1.86. The Hall–Kier alpha value is -1.73. The molecule has 4 N–H and O–H groups in total. The fourth-order valence-electron chi connectivity index (χ4n) is 2.69. The Bertz CT molecular complexity index is 568. The summed E-state index contributed by atoms with van der Waals surface area (Å²) in [5, 5.41) is 13.4. The van der Waals surface area contributed by atoms with E-state index in [-0.39, 0.29) is 12.1 Å². The zero-order chi connectivity index (χ0) is 12.7. The first-order chi connectivity index (χ1) is 8.72. The van der Waals surface area contributed by atoms with Gasteiger partial charge in [0, 0.05) is 6.04 Å². The van der Waals surface area contributed by atoms with Crippen molar-refractivity contribution in [1.82, 2.24) is 24.8 Å². The van der Waals surface area contributed by atoms with E-state index < -0.39 is 6.10 Å². The molecule has 0 spiro atoms. The molecule has 3 rings (SSSR count). The molecule has 1 aliphatic carbocycles. The van der Waals surface area contributed by atoms with Crippen LogP contribution in [-0.4, -0.2) is 43.8 Å². The van der Waals surface area contributed by atoms with Gasteiger partial charge in [0.25, 0.3) is 0 Å². The van der Waals surface area contributed by atoms with E-state index in [0.29, 0.717) is 17.0 Å². The van der Waals surface area contributed by atoms with Gasteiger partial charge in [-0.2, -0.15) is 0 Å². The Labute approximate surface area is 104 Å². The van der Waals surface area contributed by atoms with Crippen molar-refractivity contribution in [3.63, 3.8) is 0 Å². The normalized spacial score (nSPS) is 28.0. The van der Waals surface area contributed by atoms with Gasteiger partial charge in [-0.15, -0.1) is 0 Å². The molecular weight excluding hydrogens is 232 g/mol. The van der Waals surface area contributed by atoms with Gasteiger partial charge in [-0.3, -0.25) is 0 Å². The number of likely N-dealkylation sites (N-methyl/N-ethyl adjacent to an activating group) is 1. The number of nitrogens with one attached hydrogen (secondary N) is 1. The quantitative estimate of drug-likeness (QED) is 0.674. The molecule has 0 aliphatic heterocycles. The number of aliphatic hydroxyl groups is 1. The molecular formula is C11H16N6O. The summed E-state index contributed by atoms with van der Waals surface area (Å²) in [6.07, 6.45) is 4.49. The third kappa shape index (κ3) is 1.55. The molecule has 0 saturated heterocycles. The minimum absolute atomic E-state index is 0.0123. The first-order valence-corrected chi connectivity index (χ1v) is 6.00. The first kappa shape index (κ1) is 11.4. The summed E-state index contributed by atoms with van der Waals surface area (Å²) in [5.41, 5.74) is 7.03. The van der Waals surface area contributed by atoms with Crippen molar-refractivity contribution in [2.24, 2.45) is 0 Å². The molecule has 0 radical (unpaired) electrons. The number of anilines is 1. The van der Waals surface area contributed by atoms with Crippen LogP contribution in [0.15, 0.2) is 12.7 Å². The smallest absolute Gasteiger partial charge is 0.165 e. The largest absolute Gasteiger partial charge is 0.389 e. The van der Waals surface area contributed by atoms with Gasteiger partial charge in [0.2, 0.25) is 0 Å². The minimum atomic E-state index is -0.441. The van der Waals surface area contributed by atoms with Crippen molar-refractivity contribution in [3.8, 4) is 0 Å². The van der Waals surface area contributed by atoms with E-state index in [1.807, 2.05) is 11.6 Å². The number of aliphatic hydroxyl groups excluding tert-OH is 1. The predicted molar refractivity (Wildman–Crippen MR) is 66.9 cm³/mol. The Balaban J connectivity index is 2.03.